The van der Waals surface area contributed by atoms with Crippen LogP contribution in [0.2, 0.25) is 0 Å². The molecule has 0 saturated heterocycles. The van der Waals surface area contributed by atoms with Crippen LogP contribution in [-0.2, 0) is 0 Å². The fourth-order valence-corrected chi connectivity index (χ4v) is 2.63. The monoisotopic (exact) mass is 345 g/mol. The number of rotatable bonds is 8. The van der Waals surface area contributed by atoms with Crippen LogP contribution >= 0.6 is 15.9 Å². The maximum atomic E-state index is 13.4. The Labute approximate surface area is 130 Å². The van der Waals surface area contributed by atoms with E-state index in [9.17, 15) is 4.39 Å². The second-order valence-electron chi connectivity index (χ2n) is 4.79. The number of hydrogen-bond donors (Lipinski definition) is 1. The summed E-state index contributed by atoms with van der Waals surface area (Å²) in [6, 6.07) is 3.15. The lowest BCUT2D eigenvalue weighted by atomic mass is 10.2. The van der Waals surface area contributed by atoms with E-state index in [1.807, 2.05) is 0 Å². The Kier molecular flexibility index (Phi) is 7.30. The number of nitrogens with zero attached hydrogens (tertiary/aromatic N) is 2. The third kappa shape index (κ3) is 4.63. The molecule has 0 unspecified atom stereocenters. The van der Waals surface area contributed by atoms with Crippen molar-refractivity contribution < 1.29 is 4.39 Å². The molecule has 114 valence electrons. The van der Waals surface area contributed by atoms with Crippen molar-refractivity contribution in [1.29, 1.82) is 0 Å². The largest absolute Gasteiger partial charge is 0.397 e. The van der Waals surface area contributed by atoms with E-state index >= 15 is 0 Å². The molecule has 0 saturated carbocycles. The van der Waals surface area contributed by atoms with Gasteiger partial charge in [-0.2, -0.15) is 0 Å². The summed E-state index contributed by atoms with van der Waals surface area (Å²) in [5.74, 6) is -0.314. The Bertz CT molecular complexity index is 422. The van der Waals surface area contributed by atoms with E-state index in [0.29, 0.717) is 10.2 Å². The zero-order chi connectivity index (χ0) is 15.1. The Morgan fingerprint density at radius 1 is 1.10 bits per heavy atom. The van der Waals surface area contributed by atoms with Crippen molar-refractivity contribution in [3.05, 3.63) is 22.4 Å². The zero-order valence-electron chi connectivity index (χ0n) is 12.6. The van der Waals surface area contributed by atoms with Crippen LogP contribution in [0.3, 0.4) is 0 Å². The topological polar surface area (TPSA) is 32.5 Å². The lowest BCUT2D eigenvalue weighted by Crippen LogP contribution is -2.30. The van der Waals surface area contributed by atoms with Crippen LogP contribution in [0.5, 0.6) is 0 Å². The summed E-state index contributed by atoms with van der Waals surface area (Å²) in [5.41, 5.74) is 7.34. The van der Waals surface area contributed by atoms with Gasteiger partial charge in [-0.25, -0.2) is 4.39 Å². The Morgan fingerprint density at radius 2 is 1.75 bits per heavy atom. The van der Waals surface area contributed by atoms with Crippen LogP contribution in [0, 0.1) is 5.82 Å². The maximum absolute atomic E-state index is 13.4. The molecule has 1 aromatic carbocycles. The molecule has 0 bridgehead atoms. The Hall–Kier alpha value is -0.810. The summed E-state index contributed by atoms with van der Waals surface area (Å²) in [7, 11) is 0. The molecular weight excluding hydrogens is 321 g/mol. The second-order valence-corrected chi connectivity index (χ2v) is 5.64. The molecule has 0 heterocycles. The number of benzene rings is 1. The van der Waals surface area contributed by atoms with Crippen LogP contribution in [0.1, 0.15) is 27.2 Å². The molecule has 0 aliphatic carbocycles. The highest BCUT2D eigenvalue weighted by molar-refractivity contribution is 9.10. The quantitative estimate of drug-likeness (QED) is 0.728. The molecule has 0 atom stereocenters. The third-order valence-electron chi connectivity index (χ3n) is 3.59. The maximum Gasteiger partial charge on any atom is 0.139 e. The first-order valence-corrected chi connectivity index (χ1v) is 8.04. The number of halogens is 2. The minimum Gasteiger partial charge on any atom is -0.397 e. The van der Waals surface area contributed by atoms with Gasteiger partial charge in [-0.05, 0) is 55.0 Å². The summed E-state index contributed by atoms with van der Waals surface area (Å²) < 4.78 is 13.9. The molecule has 0 aliphatic heterocycles. The zero-order valence-corrected chi connectivity index (χ0v) is 14.2. The highest BCUT2D eigenvalue weighted by Gasteiger charge is 2.12. The molecular formula is C15H25BrFN3. The number of nitrogen functional groups attached to an aromatic ring is 1. The van der Waals surface area contributed by atoms with Crippen LogP contribution in [0.15, 0.2) is 16.6 Å². The van der Waals surface area contributed by atoms with E-state index in [0.717, 1.165) is 44.8 Å². The first-order chi connectivity index (χ1) is 9.53. The SMILES string of the molecule is CCN(CC)CCCN(CC)c1cc(Br)c(F)cc1N. The van der Waals surface area contributed by atoms with Gasteiger partial charge in [0.15, 0.2) is 0 Å². The van der Waals surface area contributed by atoms with Gasteiger partial charge in [0.2, 0.25) is 0 Å². The van der Waals surface area contributed by atoms with Crippen molar-refractivity contribution in [2.75, 3.05) is 43.4 Å². The average molecular weight is 346 g/mol. The summed E-state index contributed by atoms with van der Waals surface area (Å²) in [5, 5.41) is 0. The van der Waals surface area contributed by atoms with Crippen molar-refractivity contribution in [1.82, 2.24) is 4.90 Å². The highest BCUT2D eigenvalue weighted by atomic mass is 79.9. The van der Waals surface area contributed by atoms with Crippen LogP contribution in [0.25, 0.3) is 0 Å². The van der Waals surface area contributed by atoms with Crippen molar-refractivity contribution in [3.8, 4) is 0 Å². The molecule has 2 N–H and O–H groups in total. The van der Waals surface area contributed by atoms with E-state index in [2.05, 4.69) is 46.5 Å². The normalized spacial score (nSPS) is 11.1. The van der Waals surface area contributed by atoms with Gasteiger partial charge in [-0.15, -0.1) is 0 Å². The van der Waals surface area contributed by atoms with E-state index in [-0.39, 0.29) is 5.82 Å². The van der Waals surface area contributed by atoms with Gasteiger partial charge in [0.05, 0.1) is 15.8 Å². The number of anilines is 2. The van der Waals surface area contributed by atoms with Gasteiger partial charge in [-0.3, -0.25) is 0 Å². The van der Waals surface area contributed by atoms with Gasteiger partial charge >= 0.3 is 0 Å². The van der Waals surface area contributed by atoms with Gasteiger partial charge in [0.25, 0.3) is 0 Å². The van der Waals surface area contributed by atoms with Crippen LogP contribution in [-0.4, -0.2) is 37.6 Å². The average Bonchev–Trinajstić information content (AvgIpc) is 2.44. The summed E-state index contributed by atoms with van der Waals surface area (Å²) >= 11 is 3.23. The predicted molar refractivity (Wildman–Crippen MR) is 88.8 cm³/mol. The Morgan fingerprint density at radius 3 is 2.30 bits per heavy atom. The minimum absolute atomic E-state index is 0.314. The molecule has 0 aliphatic rings. The molecule has 0 aromatic heterocycles. The van der Waals surface area contributed by atoms with E-state index < -0.39 is 0 Å². The standard InChI is InChI=1S/C15H25BrFN3/c1-4-19(5-2)8-7-9-20(6-3)15-10-12(16)13(17)11-14(15)18/h10-11H,4-9,18H2,1-3H3. The van der Waals surface area contributed by atoms with Crippen molar-refractivity contribution in [3.63, 3.8) is 0 Å². The number of nitrogens with two attached hydrogens (primary N) is 1. The van der Waals surface area contributed by atoms with Gasteiger partial charge in [0, 0.05) is 19.2 Å². The first kappa shape index (κ1) is 17.2. The lowest BCUT2D eigenvalue weighted by molar-refractivity contribution is 0.301. The molecule has 0 fully saturated rings. The van der Waals surface area contributed by atoms with Crippen molar-refractivity contribution >= 4 is 27.3 Å². The van der Waals surface area contributed by atoms with E-state index in [1.54, 1.807) is 6.07 Å². The van der Waals surface area contributed by atoms with Crippen molar-refractivity contribution in [2.24, 2.45) is 0 Å². The molecule has 20 heavy (non-hydrogen) atoms. The Balaban J connectivity index is 2.69. The van der Waals surface area contributed by atoms with Gasteiger partial charge in [-0.1, -0.05) is 13.8 Å². The molecule has 5 heteroatoms. The molecule has 3 nitrogen and oxygen atoms in total. The predicted octanol–water partition coefficient (Wildman–Crippen LogP) is 3.73. The van der Waals surface area contributed by atoms with Crippen molar-refractivity contribution in [2.45, 2.75) is 27.2 Å². The van der Waals surface area contributed by atoms with Crippen LogP contribution in [0.4, 0.5) is 15.8 Å². The second kappa shape index (κ2) is 8.47. The molecule has 0 amide bonds. The number of hydrogen-bond acceptors (Lipinski definition) is 3. The smallest absolute Gasteiger partial charge is 0.139 e. The van der Waals surface area contributed by atoms with Gasteiger partial charge in [0.1, 0.15) is 5.82 Å². The summed E-state index contributed by atoms with van der Waals surface area (Å²) in [4.78, 5) is 4.60. The molecule has 1 rings (SSSR count). The fraction of sp³-hybridized carbons (Fsp3) is 0.600. The molecule has 1 aromatic rings. The van der Waals surface area contributed by atoms with E-state index in [4.69, 9.17) is 5.73 Å². The minimum atomic E-state index is -0.314. The molecule has 0 radical (unpaired) electrons. The molecule has 0 spiro atoms. The lowest BCUT2D eigenvalue weighted by Gasteiger charge is -2.26. The summed E-state index contributed by atoms with van der Waals surface area (Å²) in [6.45, 7) is 11.5. The van der Waals surface area contributed by atoms with Crippen LogP contribution < -0.4 is 10.6 Å². The third-order valence-corrected chi connectivity index (χ3v) is 4.20. The van der Waals surface area contributed by atoms with E-state index in [1.165, 1.54) is 6.07 Å². The first-order valence-electron chi connectivity index (χ1n) is 7.25. The summed E-state index contributed by atoms with van der Waals surface area (Å²) in [6.07, 6.45) is 1.07. The van der Waals surface area contributed by atoms with Gasteiger partial charge < -0.3 is 15.5 Å². The highest BCUT2D eigenvalue weighted by Crippen LogP contribution is 2.29. The fourth-order valence-electron chi connectivity index (χ4n) is 2.30.